The van der Waals surface area contributed by atoms with Crippen molar-refractivity contribution >= 4 is 11.6 Å². The predicted octanol–water partition coefficient (Wildman–Crippen LogP) is 4.01. The predicted molar refractivity (Wildman–Crippen MR) is 82.7 cm³/mol. The third-order valence-electron chi connectivity index (χ3n) is 4.02. The number of hydrogen-bond donors (Lipinski definition) is 1. The van der Waals surface area contributed by atoms with Gasteiger partial charge < -0.3 is 10.2 Å². The largest absolute Gasteiger partial charge is 0.309 e. The zero-order chi connectivity index (χ0) is 14.4. The van der Waals surface area contributed by atoms with Crippen molar-refractivity contribution in [3.63, 3.8) is 0 Å². The van der Waals surface area contributed by atoms with E-state index in [-0.39, 0.29) is 16.9 Å². The second-order valence-electron chi connectivity index (χ2n) is 5.61. The van der Waals surface area contributed by atoms with Gasteiger partial charge in [0.2, 0.25) is 0 Å². The molecule has 0 aliphatic carbocycles. The molecule has 1 aromatic rings. The quantitative estimate of drug-likeness (QED) is 0.884. The minimum Gasteiger partial charge on any atom is -0.309 e. The SMILES string of the molecule is CC(NCCN1CCCCCC1)c1ccc(F)c(Cl)c1. The van der Waals surface area contributed by atoms with Crippen molar-refractivity contribution in [2.75, 3.05) is 26.2 Å². The van der Waals surface area contributed by atoms with Crippen LogP contribution in [-0.2, 0) is 0 Å². The molecule has 1 aliphatic heterocycles. The highest BCUT2D eigenvalue weighted by molar-refractivity contribution is 6.30. The topological polar surface area (TPSA) is 15.3 Å². The fourth-order valence-electron chi connectivity index (χ4n) is 2.70. The highest BCUT2D eigenvalue weighted by Crippen LogP contribution is 2.20. The Bertz CT molecular complexity index is 417. The monoisotopic (exact) mass is 298 g/mol. The van der Waals surface area contributed by atoms with Gasteiger partial charge in [0.15, 0.2) is 0 Å². The number of rotatable bonds is 5. The lowest BCUT2D eigenvalue weighted by Crippen LogP contribution is -2.33. The minimum atomic E-state index is -0.354. The van der Waals surface area contributed by atoms with E-state index in [1.807, 2.05) is 0 Å². The second-order valence-corrected chi connectivity index (χ2v) is 6.01. The standard InChI is InChI=1S/C16H24ClFN2/c1-13(14-6-7-16(18)15(17)12-14)19-8-11-20-9-4-2-3-5-10-20/h6-7,12-13,19H,2-5,8-11H2,1H3. The first-order valence-electron chi connectivity index (χ1n) is 7.57. The van der Waals surface area contributed by atoms with Crippen molar-refractivity contribution in [3.8, 4) is 0 Å². The average molecular weight is 299 g/mol. The van der Waals surface area contributed by atoms with Gasteiger partial charge in [-0.3, -0.25) is 0 Å². The molecule has 1 fully saturated rings. The number of nitrogens with one attached hydrogen (secondary N) is 1. The molecule has 0 saturated carbocycles. The summed E-state index contributed by atoms with van der Waals surface area (Å²) in [5.41, 5.74) is 1.03. The summed E-state index contributed by atoms with van der Waals surface area (Å²) < 4.78 is 13.1. The van der Waals surface area contributed by atoms with Gasteiger partial charge in [0.05, 0.1) is 5.02 Å². The van der Waals surface area contributed by atoms with Gasteiger partial charge in [-0.25, -0.2) is 4.39 Å². The van der Waals surface area contributed by atoms with Crippen molar-refractivity contribution in [2.45, 2.75) is 38.6 Å². The molecule has 2 nitrogen and oxygen atoms in total. The molecule has 0 bridgehead atoms. The van der Waals surface area contributed by atoms with Crippen LogP contribution >= 0.6 is 11.6 Å². The summed E-state index contributed by atoms with van der Waals surface area (Å²) in [5.74, 6) is -0.354. The second kappa shape index (κ2) is 7.96. The molecule has 4 heteroatoms. The Morgan fingerprint density at radius 1 is 1.25 bits per heavy atom. The molecular formula is C16H24ClFN2. The number of halogens is 2. The Balaban J connectivity index is 1.76. The summed E-state index contributed by atoms with van der Waals surface area (Å²) >= 11 is 5.82. The number of nitrogens with zero attached hydrogens (tertiary/aromatic N) is 1. The van der Waals surface area contributed by atoms with Crippen molar-refractivity contribution in [1.29, 1.82) is 0 Å². The molecule has 20 heavy (non-hydrogen) atoms. The van der Waals surface area contributed by atoms with E-state index in [0.29, 0.717) is 0 Å². The summed E-state index contributed by atoms with van der Waals surface area (Å²) in [4.78, 5) is 2.53. The first-order valence-corrected chi connectivity index (χ1v) is 7.95. The van der Waals surface area contributed by atoms with Crippen molar-refractivity contribution in [1.82, 2.24) is 10.2 Å². The first kappa shape index (κ1) is 15.7. The van der Waals surface area contributed by atoms with E-state index in [9.17, 15) is 4.39 Å². The van der Waals surface area contributed by atoms with Gasteiger partial charge in [-0.2, -0.15) is 0 Å². The van der Waals surface area contributed by atoms with Gasteiger partial charge in [-0.1, -0.05) is 30.5 Å². The summed E-state index contributed by atoms with van der Waals surface area (Å²) in [5, 5.41) is 3.69. The summed E-state index contributed by atoms with van der Waals surface area (Å²) in [6.07, 6.45) is 5.38. The van der Waals surface area contributed by atoms with Crippen molar-refractivity contribution in [2.24, 2.45) is 0 Å². The lowest BCUT2D eigenvalue weighted by atomic mass is 10.1. The average Bonchev–Trinajstić information content (AvgIpc) is 2.70. The zero-order valence-electron chi connectivity index (χ0n) is 12.2. The summed E-state index contributed by atoms with van der Waals surface area (Å²) in [6, 6.07) is 5.13. The number of likely N-dealkylation sites (tertiary alicyclic amines) is 1. The van der Waals surface area contributed by atoms with Crippen molar-refractivity contribution in [3.05, 3.63) is 34.6 Å². The molecule has 1 aliphatic rings. The molecule has 1 atom stereocenters. The highest BCUT2D eigenvalue weighted by atomic mass is 35.5. The maximum atomic E-state index is 13.1. The molecule has 0 spiro atoms. The third kappa shape index (κ3) is 4.72. The van der Waals surface area contributed by atoms with Crippen LogP contribution in [0.2, 0.25) is 5.02 Å². The van der Waals surface area contributed by atoms with E-state index in [2.05, 4.69) is 17.1 Å². The summed E-state index contributed by atoms with van der Waals surface area (Å²) in [7, 11) is 0. The van der Waals surface area contributed by atoms with E-state index in [1.165, 1.54) is 44.8 Å². The molecule has 0 amide bonds. The molecule has 1 heterocycles. The van der Waals surface area contributed by atoms with E-state index in [0.717, 1.165) is 18.7 Å². The van der Waals surface area contributed by atoms with Crippen LogP contribution in [0.3, 0.4) is 0 Å². The van der Waals surface area contributed by atoms with E-state index in [1.54, 1.807) is 12.1 Å². The van der Waals surface area contributed by atoms with Gasteiger partial charge in [0.1, 0.15) is 5.82 Å². The Hall–Kier alpha value is -0.640. The van der Waals surface area contributed by atoms with Gasteiger partial charge in [0, 0.05) is 19.1 Å². The van der Waals surface area contributed by atoms with Crippen LogP contribution in [0.15, 0.2) is 18.2 Å². The van der Waals surface area contributed by atoms with Crippen LogP contribution in [0.4, 0.5) is 4.39 Å². The molecule has 112 valence electrons. The van der Waals surface area contributed by atoms with Crippen LogP contribution in [0.25, 0.3) is 0 Å². The van der Waals surface area contributed by atoms with E-state index in [4.69, 9.17) is 11.6 Å². The Labute approximate surface area is 126 Å². The van der Waals surface area contributed by atoms with Gasteiger partial charge in [-0.15, -0.1) is 0 Å². The normalized spacial score (nSPS) is 18.8. The Morgan fingerprint density at radius 3 is 2.60 bits per heavy atom. The van der Waals surface area contributed by atoms with Gasteiger partial charge in [-0.05, 0) is 50.6 Å². The van der Waals surface area contributed by atoms with Crippen LogP contribution in [0.1, 0.15) is 44.2 Å². The van der Waals surface area contributed by atoms with Gasteiger partial charge >= 0.3 is 0 Å². The van der Waals surface area contributed by atoms with Crippen LogP contribution < -0.4 is 5.32 Å². The Morgan fingerprint density at radius 2 is 1.95 bits per heavy atom. The smallest absolute Gasteiger partial charge is 0.141 e. The maximum absolute atomic E-state index is 13.1. The van der Waals surface area contributed by atoms with Gasteiger partial charge in [0.25, 0.3) is 0 Å². The number of benzene rings is 1. The lowest BCUT2D eigenvalue weighted by molar-refractivity contribution is 0.280. The number of hydrogen-bond acceptors (Lipinski definition) is 2. The molecule has 1 saturated heterocycles. The fraction of sp³-hybridized carbons (Fsp3) is 0.625. The molecule has 1 aromatic carbocycles. The molecule has 0 radical (unpaired) electrons. The molecule has 1 unspecified atom stereocenters. The molecular weight excluding hydrogens is 275 g/mol. The van der Waals surface area contributed by atoms with Crippen molar-refractivity contribution < 1.29 is 4.39 Å². The van der Waals surface area contributed by atoms with Crippen LogP contribution in [0.5, 0.6) is 0 Å². The highest BCUT2D eigenvalue weighted by Gasteiger charge is 2.10. The molecule has 0 aromatic heterocycles. The van der Waals surface area contributed by atoms with Crippen LogP contribution in [0, 0.1) is 5.82 Å². The lowest BCUT2D eigenvalue weighted by Gasteiger charge is -2.22. The summed E-state index contributed by atoms with van der Waals surface area (Å²) in [6.45, 7) is 6.57. The Kier molecular flexibility index (Phi) is 6.27. The van der Waals surface area contributed by atoms with E-state index < -0.39 is 0 Å². The third-order valence-corrected chi connectivity index (χ3v) is 4.31. The fourth-order valence-corrected chi connectivity index (χ4v) is 2.89. The van der Waals surface area contributed by atoms with Crippen LogP contribution in [-0.4, -0.2) is 31.1 Å². The molecule has 1 N–H and O–H groups in total. The van der Waals surface area contributed by atoms with E-state index >= 15 is 0 Å². The molecule has 2 rings (SSSR count). The first-order chi connectivity index (χ1) is 9.66. The minimum absolute atomic E-state index is 0.195. The maximum Gasteiger partial charge on any atom is 0.141 e. The zero-order valence-corrected chi connectivity index (χ0v) is 12.9.